The lowest BCUT2D eigenvalue weighted by atomic mass is 9.47. The first-order valence-corrected chi connectivity index (χ1v) is 7.50. The first-order chi connectivity index (χ1) is 10.5. The summed E-state index contributed by atoms with van der Waals surface area (Å²) in [6.07, 6.45) is 5.29. The summed E-state index contributed by atoms with van der Waals surface area (Å²) in [5.74, 6) is 0.294. The summed E-state index contributed by atoms with van der Waals surface area (Å²) in [4.78, 5) is 16.6. The highest BCUT2D eigenvalue weighted by Gasteiger charge is 2.71. The van der Waals surface area contributed by atoms with Crippen LogP contribution in [-0.4, -0.2) is 25.0 Å². The van der Waals surface area contributed by atoms with E-state index < -0.39 is 17.0 Å². The van der Waals surface area contributed by atoms with Crippen LogP contribution in [0.2, 0.25) is 0 Å². The molecule has 3 saturated carbocycles. The van der Waals surface area contributed by atoms with Crippen molar-refractivity contribution in [3.05, 3.63) is 46.1 Å². The lowest BCUT2D eigenvalue weighted by molar-refractivity contribution is -0.205. The Labute approximate surface area is 124 Å². The van der Waals surface area contributed by atoms with Crippen molar-refractivity contribution < 1.29 is 8.78 Å². The molecule has 6 rings (SSSR count). The van der Waals surface area contributed by atoms with Gasteiger partial charge in [0, 0.05) is 31.9 Å². The molecule has 0 amide bonds. The van der Waals surface area contributed by atoms with E-state index in [-0.39, 0.29) is 11.7 Å². The van der Waals surface area contributed by atoms with E-state index in [1.54, 1.807) is 10.8 Å². The largest absolute Gasteiger partial charge is 0.347 e. The standard InChI is InChI=1S/C15H14F2N4O/c16-10-3-9(4-18-5-10)11-1-2-12-19-21(13(22)20(11)12)15-6-14(17,7-15)8-15/h3-5,11H,1-2,6-8H2/t11-,14?,15?/m0/s1. The summed E-state index contributed by atoms with van der Waals surface area (Å²) in [6, 6.07) is 1.18. The van der Waals surface area contributed by atoms with E-state index in [1.165, 1.54) is 10.7 Å². The Morgan fingerprint density at radius 1 is 1.27 bits per heavy atom. The van der Waals surface area contributed by atoms with E-state index in [2.05, 4.69) is 10.1 Å². The van der Waals surface area contributed by atoms with Crippen LogP contribution < -0.4 is 5.69 Å². The fourth-order valence-corrected chi connectivity index (χ4v) is 4.37. The number of aryl methyl sites for hydroxylation is 1. The maximum Gasteiger partial charge on any atom is 0.347 e. The van der Waals surface area contributed by atoms with Crippen molar-refractivity contribution >= 4 is 0 Å². The normalized spacial score (nSPS) is 34.9. The molecule has 2 aromatic heterocycles. The lowest BCUT2D eigenvalue weighted by Gasteiger charge is -2.64. The van der Waals surface area contributed by atoms with E-state index in [0.29, 0.717) is 43.5 Å². The molecule has 114 valence electrons. The Hall–Kier alpha value is -2.05. The number of fused-ring (bicyclic) bond motifs is 1. The van der Waals surface area contributed by atoms with Crippen LogP contribution in [0.4, 0.5) is 8.78 Å². The molecular formula is C15H14F2N4O. The average molecular weight is 304 g/mol. The van der Waals surface area contributed by atoms with Gasteiger partial charge in [-0.25, -0.2) is 18.3 Å². The molecule has 3 heterocycles. The highest BCUT2D eigenvalue weighted by molar-refractivity contribution is 5.24. The second-order valence-corrected chi connectivity index (χ2v) is 6.88. The zero-order valence-electron chi connectivity index (χ0n) is 11.8. The van der Waals surface area contributed by atoms with Crippen LogP contribution in [0.25, 0.3) is 0 Å². The summed E-state index contributed by atoms with van der Waals surface area (Å²) < 4.78 is 30.2. The molecule has 0 spiro atoms. The molecule has 0 saturated heterocycles. The molecule has 7 heteroatoms. The highest BCUT2D eigenvalue weighted by atomic mass is 19.1. The molecule has 1 aliphatic heterocycles. The summed E-state index contributed by atoms with van der Waals surface area (Å²) in [5.41, 5.74) is -1.00. The molecule has 0 N–H and O–H groups in total. The van der Waals surface area contributed by atoms with Gasteiger partial charge in [0.15, 0.2) is 0 Å². The van der Waals surface area contributed by atoms with Crippen molar-refractivity contribution in [3.63, 3.8) is 0 Å². The molecule has 0 radical (unpaired) electrons. The Balaban J connectivity index is 1.58. The molecule has 2 aromatic rings. The summed E-state index contributed by atoms with van der Waals surface area (Å²) in [5, 5.41) is 4.44. The Bertz CT molecular complexity index is 836. The van der Waals surface area contributed by atoms with Gasteiger partial charge in [-0.2, -0.15) is 5.10 Å². The van der Waals surface area contributed by atoms with Gasteiger partial charge in [0.2, 0.25) is 0 Å². The van der Waals surface area contributed by atoms with Gasteiger partial charge in [-0.15, -0.1) is 0 Å². The quantitative estimate of drug-likeness (QED) is 0.849. The molecule has 3 aliphatic carbocycles. The van der Waals surface area contributed by atoms with Crippen molar-refractivity contribution in [2.45, 2.75) is 49.4 Å². The van der Waals surface area contributed by atoms with E-state index in [9.17, 15) is 13.6 Å². The smallest absolute Gasteiger partial charge is 0.271 e. The van der Waals surface area contributed by atoms with Crippen LogP contribution in [0.3, 0.4) is 0 Å². The molecule has 0 aromatic carbocycles. The van der Waals surface area contributed by atoms with Crippen LogP contribution in [0.5, 0.6) is 0 Å². The molecule has 0 unspecified atom stereocenters. The van der Waals surface area contributed by atoms with E-state index >= 15 is 0 Å². The number of alkyl halides is 1. The first-order valence-electron chi connectivity index (χ1n) is 7.50. The van der Waals surface area contributed by atoms with Gasteiger partial charge in [0.1, 0.15) is 17.3 Å². The molecule has 2 bridgehead atoms. The van der Waals surface area contributed by atoms with Crippen molar-refractivity contribution in [1.82, 2.24) is 19.3 Å². The van der Waals surface area contributed by atoms with Crippen molar-refractivity contribution in [1.29, 1.82) is 0 Å². The van der Waals surface area contributed by atoms with Crippen LogP contribution in [-0.2, 0) is 12.0 Å². The lowest BCUT2D eigenvalue weighted by Crippen LogP contribution is -2.72. The van der Waals surface area contributed by atoms with Crippen LogP contribution in [0, 0.1) is 5.82 Å². The predicted octanol–water partition coefficient (Wildman–Crippen LogP) is 1.72. The third kappa shape index (κ3) is 1.39. The topological polar surface area (TPSA) is 52.7 Å². The second kappa shape index (κ2) is 3.64. The number of hydrogen-bond donors (Lipinski definition) is 0. The number of nitrogens with zero attached hydrogens (tertiary/aromatic N) is 4. The first kappa shape index (κ1) is 12.5. The summed E-state index contributed by atoms with van der Waals surface area (Å²) in [7, 11) is 0. The zero-order chi connectivity index (χ0) is 15.1. The van der Waals surface area contributed by atoms with Gasteiger partial charge in [0.05, 0.1) is 17.8 Å². The summed E-state index contributed by atoms with van der Waals surface area (Å²) >= 11 is 0. The number of rotatable bonds is 2. The van der Waals surface area contributed by atoms with Gasteiger partial charge in [-0.3, -0.25) is 9.55 Å². The maximum absolute atomic E-state index is 13.7. The fraction of sp³-hybridized carbons (Fsp3) is 0.533. The van der Waals surface area contributed by atoms with Crippen LogP contribution in [0.15, 0.2) is 23.3 Å². The maximum atomic E-state index is 13.7. The Morgan fingerprint density at radius 3 is 2.73 bits per heavy atom. The average Bonchev–Trinajstić information content (AvgIpc) is 2.95. The second-order valence-electron chi connectivity index (χ2n) is 6.88. The molecule has 5 nitrogen and oxygen atoms in total. The molecule has 1 atom stereocenters. The monoisotopic (exact) mass is 304 g/mol. The van der Waals surface area contributed by atoms with Gasteiger partial charge in [0.25, 0.3) is 0 Å². The van der Waals surface area contributed by atoms with Gasteiger partial charge >= 0.3 is 5.69 Å². The third-order valence-electron chi connectivity index (χ3n) is 5.33. The van der Waals surface area contributed by atoms with E-state index in [0.717, 1.165) is 6.20 Å². The fourth-order valence-electron chi connectivity index (χ4n) is 4.37. The third-order valence-corrected chi connectivity index (χ3v) is 5.33. The van der Waals surface area contributed by atoms with Crippen LogP contribution in [0.1, 0.15) is 43.1 Å². The Kier molecular flexibility index (Phi) is 2.07. The van der Waals surface area contributed by atoms with Crippen molar-refractivity contribution in [3.8, 4) is 0 Å². The molecule has 22 heavy (non-hydrogen) atoms. The minimum atomic E-state index is -1.07. The minimum absolute atomic E-state index is 0.205. The van der Waals surface area contributed by atoms with E-state index in [4.69, 9.17) is 0 Å². The van der Waals surface area contributed by atoms with Gasteiger partial charge in [-0.05, 0) is 18.1 Å². The zero-order valence-corrected chi connectivity index (χ0v) is 11.8. The molecular weight excluding hydrogens is 290 g/mol. The number of aromatic nitrogens is 4. The number of pyridine rings is 1. The van der Waals surface area contributed by atoms with Crippen molar-refractivity contribution in [2.75, 3.05) is 0 Å². The van der Waals surface area contributed by atoms with E-state index in [1.807, 2.05) is 0 Å². The number of hydrogen-bond acceptors (Lipinski definition) is 3. The SMILES string of the molecule is O=c1n(C23CC(F)(C2)C3)nc2n1[C@H](c1cncc(F)c1)CC2. The van der Waals surface area contributed by atoms with Crippen LogP contribution >= 0.6 is 0 Å². The molecule has 4 aliphatic rings. The highest BCUT2D eigenvalue weighted by Crippen LogP contribution is 2.66. The number of halogens is 2. The summed E-state index contributed by atoms with van der Waals surface area (Å²) in [6.45, 7) is 0. The van der Waals surface area contributed by atoms with Gasteiger partial charge in [-0.1, -0.05) is 0 Å². The molecule has 3 fully saturated rings. The van der Waals surface area contributed by atoms with Gasteiger partial charge < -0.3 is 0 Å². The minimum Gasteiger partial charge on any atom is -0.271 e. The predicted molar refractivity (Wildman–Crippen MR) is 72.8 cm³/mol. The van der Waals surface area contributed by atoms with Crippen molar-refractivity contribution in [2.24, 2.45) is 0 Å². The Morgan fingerprint density at radius 2 is 2.05 bits per heavy atom.